The molecule has 0 aliphatic heterocycles. The highest BCUT2D eigenvalue weighted by Crippen LogP contribution is 2.19. The minimum absolute atomic E-state index is 0.153. The summed E-state index contributed by atoms with van der Waals surface area (Å²) in [5, 5.41) is 7.90. The van der Waals surface area contributed by atoms with Crippen molar-refractivity contribution < 1.29 is 13.6 Å². The molecule has 8 heteroatoms. The third-order valence-electron chi connectivity index (χ3n) is 1.25. The Balaban J connectivity index is 2.52. The van der Waals surface area contributed by atoms with Gasteiger partial charge in [-0.1, -0.05) is 0 Å². The predicted octanol–water partition coefficient (Wildman–Crippen LogP) is 0.831. The number of aryl methyl sites for hydroxylation is 1. The van der Waals surface area contributed by atoms with Gasteiger partial charge in [0.1, 0.15) is 5.82 Å². The fraction of sp³-hybridized carbons (Fsp3) is 0.500. The standard InChI is InChI=1S/C6H7BrF2N4O/c1-3-11-4(13-12-3)5(14)10-2-6(7,8)9/h2H2,1H3,(H,10,14)(H,11,12,13). The second-order valence-corrected chi connectivity index (χ2v) is 3.70. The lowest BCUT2D eigenvalue weighted by molar-refractivity contribution is 0.0827. The summed E-state index contributed by atoms with van der Waals surface area (Å²) >= 11 is 2.09. The fourth-order valence-corrected chi connectivity index (χ4v) is 0.844. The molecule has 14 heavy (non-hydrogen) atoms. The van der Waals surface area contributed by atoms with E-state index in [4.69, 9.17) is 0 Å². The van der Waals surface area contributed by atoms with Crippen LogP contribution in [0.1, 0.15) is 16.4 Å². The second-order valence-electron chi connectivity index (χ2n) is 2.54. The Labute approximate surface area is 86.4 Å². The molecule has 0 radical (unpaired) electrons. The van der Waals surface area contributed by atoms with Gasteiger partial charge in [0, 0.05) is 0 Å². The Morgan fingerprint density at radius 1 is 1.71 bits per heavy atom. The van der Waals surface area contributed by atoms with Crippen LogP contribution in [0.25, 0.3) is 0 Å². The van der Waals surface area contributed by atoms with Crippen LogP contribution in [0, 0.1) is 6.92 Å². The highest BCUT2D eigenvalue weighted by Gasteiger charge is 2.25. The maximum absolute atomic E-state index is 12.3. The zero-order chi connectivity index (χ0) is 10.8. The van der Waals surface area contributed by atoms with Crippen molar-refractivity contribution >= 4 is 21.8 Å². The first-order valence-corrected chi connectivity index (χ1v) is 4.42. The van der Waals surface area contributed by atoms with Crippen LogP contribution in [-0.4, -0.2) is 32.5 Å². The minimum Gasteiger partial charge on any atom is -0.342 e. The van der Waals surface area contributed by atoms with Crippen LogP contribution in [0.5, 0.6) is 0 Å². The fourth-order valence-electron chi connectivity index (χ4n) is 0.704. The molecule has 0 aromatic carbocycles. The number of carbonyl (C=O) groups is 1. The first kappa shape index (κ1) is 11.0. The number of amides is 1. The van der Waals surface area contributed by atoms with Crippen LogP contribution in [0.3, 0.4) is 0 Å². The van der Waals surface area contributed by atoms with E-state index in [0.29, 0.717) is 5.82 Å². The van der Waals surface area contributed by atoms with E-state index in [9.17, 15) is 13.6 Å². The topological polar surface area (TPSA) is 70.7 Å². The molecular weight excluding hydrogens is 262 g/mol. The quantitative estimate of drug-likeness (QED) is 0.798. The van der Waals surface area contributed by atoms with Gasteiger partial charge in [-0.2, -0.15) is 8.78 Å². The molecule has 1 aromatic heterocycles. The zero-order valence-electron chi connectivity index (χ0n) is 7.14. The third-order valence-corrected chi connectivity index (χ3v) is 1.53. The maximum Gasteiger partial charge on any atom is 0.318 e. The van der Waals surface area contributed by atoms with E-state index in [0.717, 1.165) is 0 Å². The number of nitrogens with one attached hydrogen (secondary N) is 2. The molecular formula is C6H7BrF2N4O. The Morgan fingerprint density at radius 3 is 2.79 bits per heavy atom. The van der Waals surface area contributed by atoms with Gasteiger partial charge in [-0.15, -0.1) is 5.10 Å². The van der Waals surface area contributed by atoms with Crippen LogP contribution in [0.4, 0.5) is 8.78 Å². The van der Waals surface area contributed by atoms with E-state index in [-0.39, 0.29) is 5.82 Å². The average Bonchev–Trinajstić information content (AvgIpc) is 2.46. The SMILES string of the molecule is Cc1nc(C(=O)NCC(F)(F)Br)n[nH]1. The number of halogens is 3. The molecule has 1 rings (SSSR count). The zero-order valence-corrected chi connectivity index (χ0v) is 8.73. The van der Waals surface area contributed by atoms with Crippen molar-refractivity contribution in [1.29, 1.82) is 0 Å². The van der Waals surface area contributed by atoms with Gasteiger partial charge in [-0.05, 0) is 22.9 Å². The van der Waals surface area contributed by atoms with Crippen molar-refractivity contribution in [2.45, 2.75) is 11.8 Å². The molecule has 1 heterocycles. The Bertz CT molecular complexity index is 335. The smallest absolute Gasteiger partial charge is 0.318 e. The van der Waals surface area contributed by atoms with Crippen LogP contribution in [-0.2, 0) is 0 Å². The number of carbonyl (C=O) groups excluding carboxylic acids is 1. The number of aromatic nitrogens is 3. The number of hydrogen-bond acceptors (Lipinski definition) is 3. The lowest BCUT2D eigenvalue weighted by atomic mass is 10.5. The maximum atomic E-state index is 12.3. The molecule has 0 saturated carbocycles. The van der Waals surface area contributed by atoms with Gasteiger partial charge in [0.05, 0.1) is 6.54 Å². The largest absolute Gasteiger partial charge is 0.342 e. The number of hydrogen-bond donors (Lipinski definition) is 2. The molecule has 1 aromatic rings. The summed E-state index contributed by atoms with van der Waals surface area (Å²) in [4.78, 5) is 11.6. The molecule has 5 nitrogen and oxygen atoms in total. The number of rotatable bonds is 3. The van der Waals surface area contributed by atoms with Gasteiger partial charge in [-0.3, -0.25) is 9.89 Å². The molecule has 0 spiro atoms. The molecule has 1 amide bonds. The van der Waals surface area contributed by atoms with E-state index in [1.54, 1.807) is 6.92 Å². The minimum atomic E-state index is -3.12. The van der Waals surface area contributed by atoms with E-state index >= 15 is 0 Å². The molecule has 78 valence electrons. The summed E-state index contributed by atoms with van der Waals surface area (Å²) in [7, 11) is 0. The van der Waals surface area contributed by atoms with Crippen LogP contribution < -0.4 is 5.32 Å². The van der Waals surface area contributed by atoms with E-state index in [1.807, 2.05) is 5.32 Å². The normalized spacial score (nSPS) is 11.4. The van der Waals surface area contributed by atoms with Crippen molar-refractivity contribution in [2.75, 3.05) is 6.54 Å². The summed E-state index contributed by atoms with van der Waals surface area (Å²) in [5.74, 6) is -0.450. The molecule has 0 aliphatic carbocycles. The molecule has 2 N–H and O–H groups in total. The lowest BCUT2D eigenvalue weighted by Crippen LogP contribution is -2.33. The molecule has 0 atom stereocenters. The molecule has 0 saturated heterocycles. The lowest BCUT2D eigenvalue weighted by Gasteiger charge is -2.07. The highest BCUT2D eigenvalue weighted by atomic mass is 79.9. The summed E-state index contributed by atoms with van der Waals surface area (Å²) in [6.07, 6.45) is 0. The van der Waals surface area contributed by atoms with Crippen molar-refractivity contribution in [3.8, 4) is 0 Å². The Kier molecular flexibility index (Phi) is 3.14. The molecule has 0 unspecified atom stereocenters. The third kappa shape index (κ3) is 3.36. The van der Waals surface area contributed by atoms with Crippen molar-refractivity contribution in [3.05, 3.63) is 11.6 Å². The molecule has 0 bridgehead atoms. The van der Waals surface area contributed by atoms with Crippen LogP contribution >= 0.6 is 15.9 Å². The van der Waals surface area contributed by atoms with Gasteiger partial charge < -0.3 is 5.32 Å². The van der Waals surface area contributed by atoms with Crippen molar-refractivity contribution in [3.63, 3.8) is 0 Å². The predicted molar refractivity (Wildman–Crippen MR) is 47.3 cm³/mol. The van der Waals surface area contributed by atoms with Gasteiger partial charge in [-0.25, -0.2) is 4.98 Å². The van der Waals surface area contributed by atoms with Gasteiger partial charge in [0.25, 0.3) is 5.91 Å². The first-order valence-electron chi connectivity index (χ1n) is 3.62. The second kappa shape index (κ2) is 3.99. The van der Waals surface area contributed by atoms with Crippen LogP contribution in [0.2, 0.25) is 0 Å². The summed E-state index contributed by atoms with van der Waals surface area (Å²) < 4.78 is 24.5. The summed E-state index contributed by atoms with van der Waals surface area (Å²) in [6, 6.07) is 0. The Morgan fingerprint density at radius 2 is 2.36 bits per heavy atom. The summed E-state index contributed by atoms with van der Waals surface area (Å²) in [6.45, 7) is 0.794. The Hall–Kier alpha value is -1.05. The van der Waals surface area contributed by atoms with Gasteiger partial charge in [0.15, 0.2) is 0 Å². The molecule has 0 aliphatic rings. The molecule has 0 fully saturated rings. The van der Waals surface area contributed by atoms with Crippen molar-refractivity contribution in [1.82, 2.24) is 20.5 Å². The van der Waals surface area contributed by atoms with E-state index < -0.39 is 17.3 Å². The summed E-state index contributed by atoms with van der Waals surface area (Å²) in [5.41, 5.74) is 0. The number of H-pyrrole nitrogens is 1. The van der Waals surface area contributed by atoms with Gasteiger partial charge in [0.2, 0.25) is 5.82 Å². The average molecular weight is 269 g/mol. The number of alkyl halides is 3. The van der Waals surface area contributed by atoms with Crippen LogP contribution in [0.15, 0.2) is 0 Å². The van der Waals surface area contributed by atoms with Crippen molar-refractivity contribution in [2.24, 2.45) is 0 Å². The number of nitrogens with zero attached hydrogens (tertiary/aromatic N) is 2. The number of aromatic amines is 1. The van der Waals surface area contributed by atoms with E-state index in [1.165, 1.54) is 0 Å². The monoisotopic (exact) mass is 268 g/mol. The van der Waals surface area contributed by atoms with E-state index in [2.05, 4.69) is 31.1 Å². The highest BCUT2D eigenvalue weighted by molar-refractivity contribution is 9.10. The van der Waals surface area contributed by atoms with Gasteiger partial charge >= 0.3 is 4.83 Å². The first-order chi connectivity index (χ1) is 6.38.